The van der Waals surface area contributed by atoms with Gasteiger partial charge in [0.2, 0.25) is 0 Å². The molecular formula is C13H22N4O2. The van der Waals surface area contributed by atoms with Crippen molar-refractivity contribution in [3.63, 3.8) is 0 Å². The number of amides is 1. The van der Waals surface area contributed by atoms with Gasteiger partial charge in [-0.2, -0.15) is 5.10 Å². The van der Waals surface area contributed by atoms with Gasteiger partial charge in [-0.05, 0) is 11.8 Å². The number of H-pyrrole nitrogens is 1. The summed E-state index contributed by atoms with van der Waals surface area (Å²) in [5.41, 5.74) is 1.20. The van der Waals surface area contributed by atoms with Gasteiger partial charge in [0.05, 0.1) is 6.61 Å². The second-order valence-corrected chi connectivity index (χ2v) is 6.07. The van der Waals surface area contributed by atoms with Crippen LogP contribution < -0.4 is 10.6 Å². The van der Waals surface area contributed by atoms with Crippen LogP contribution >= 0.6 is 0 Å². The number of morpholine rings is 1. The van der Waals surface area contributed by atoms with Crippen LogP contribution in [0, 0.1) is 5.41 Å². The fraction of sp³-hybridized carbons (Fsp3) is 0.692. The van der Waals surface area contributed by atoms with E-state index >= 15 is 0 Å². The lowest BCUT2D eigenvalue weighted by Gasteiger charge is -2.22. The van der Waals surface area contributed by atoms with E-state index in [1.54, 1.807) is 0 Å². The maximum absolute atomic E-state index is 11.9. The predicted molar refractivity (Wildman–Crippen MR) is 73.0 cm³/mol. The Morgan fingerprint density at radius 1 is 1.58 bits per heavy atom. The summed E-state index contributed by atoms with van der Waals surface area (Å²) in [6.07, 6.45) is 0.452. The van der Waals surface area contributed by atoms with Gasteiger partial charge >= 0.3 is 0 Å². The molecule has 1 aliphatic heterocycles. The monoisotopic (exact) mass is 266 g/mol. The number of aromatic nitrogens is 2. The first-order chi connectivity index (χ1) is 8.94. The van der Waals surface area contributed by atoms with Crippen molar-refractivity contribution < 1.29 is 9.53 Å². The maximum atomic E-state index is 11.9. The van der Waals surface area contributed by atoms with Crippen molar-refractivity contribution in [2.24, 2.45) is 5.41 Å². The number of carbonyl (C=O) groups excluding carboxylic acids is 1. The molecule has 1 atom stereocenters. The SMILES string of the molecule is CC(C)(C)Cc1cc(NC(=O)C2CNCCO2)n[nH]1. The highest BCUT2D eigenvalue weighted by Gasteiger charge is 2.22. The first-order valence-corrected chi connectivity index (χ1v) is 6.61. The normalized spacial score (nSPS) is 20.3. The van der Waals surface area contributed by atoms with Gasteiger partial charge in [-0.25, -0.2) is 0 Å². The highest BCUT2D eigenvalue weighted by molar-refractivity contribution is 5.93. The van der Waals surface area contributed by atoms with Gasteiger partial charge in [-0.15, -0.1) is 0 Å². The summed E-state index contributed by atoms with van der Waals surface area (Å²) in [7, 11) is 0. The van der Waals surface area contributed by atoms with Gasteiger partial charge in [0.25, 0.3) is 5.91 Å². The number of aromatic amines is 1. The summed E-state index contributed by atoms with van der Waals surface area (Å²) in [6.45, 7) is 8.38. The molecule has 1 fully saturated rings. The average Bonchev–Trinajstić information content (AvgIpc) is 2.75. The van der Waals surface area contributed by atoms with Gasteiger partial charge in [-0.1, -0.05) is 20.8 Å². The molecule has 0 saturated carbocycles. The van der Waals surface area contributed by atoms with E-state index in [1.807, 2.05) is 6.07 Å². The summed E-state index contributed by atoms with van der Waals surface area (Å²) in [4.78, 5) is 11.9. The Bertz CT molecular complexity index is 430. The molecule has 0 spiro atoms. The summed E-state index contributed by atoms with van der Waals surface area (Å²) in [5, 5.41) is 12.9. The molecule has 3 N–H and O–H groups in total. The van der Waals surface area contributed by atoms with E-state index in [2.05, 4.69) is 41.6 Å². The summed E-state index contributed by atoms with van der Waals surface area (Å²) in [5.74, 6) is 0.402. The summed E-state index contributed by atoms with van der Waals surface area (Å²) < 4.78 is 5.39. The molecule has 2 rings (SSSR count). The third-order valence-electron chi connectivity index (χ3n) is 2.82. The Kier molecular flexibility index (Phi) is 4.21. The average molecular weight is 266 g/mol. The third-order valence-corrected chi connectivity index (χ3v) is 2.82. The molecule has 6 heteroatoms. The molecule has 6 nitrogen and oxygen atoms in total. The van der Waals surface area contributed by atoms with Gasteiger partial charge in [0.1, 0.15) is 6.10 Å². The molecule has 0 aromatic carbocycles. The minimum absolute atomic E-state index is 0.152. The van der Waals surface area contributed by atoms with Crippen LogP contribution in [0.5, 0.6) is 0 Å². The molecule has 1 aromatic heterocycles. The quantitative estimate of drug-likeness (QED) is 0.760. The number of anilines is 1. The molecule has 1 saturated heterocycles. The van der Waals surface area contributed by atoms with Crippen LogP contribution in [0.1, 0.15) is 26.5 Å². The Labute approximate surface area is 113 Å². The third kappa shape index (κ3) is 4.33. The van der Waals surface area contributed by atoms with E-state index in [1.165, 1.54) is 0 Å². The van der Waals surface area contributed by atoms with E-state index in [0.717, 1.165) is 18.7 Å². The van der Waals surface area contributed by atoms with Crippen molar-refractivity contribution in [3.05, 3.63) is 11.8 Å². The van der Waals surface area contributed by atoms with Gasteiger partial charge in [0, 0.05) is 24.8 Å². The predicted octanol–water partition coefficient (Wildman–Crippen LogP) is 0.925. The number of hydrogen-bond acceptors (Lipinski definition) is 4. The molecule has 1 aromatic rings. The lowest BCUT2D eigenvalue weighted by atomic mass is 9.91. The van der Waals surface area contributed by atoms with Crippen LogP contribution in [-0.2, 0) is 16.0 Å². The number of nitrogens with zero attached hydrogens (tertiary/aromatic N) is 1. The van der Waals surface area contributed by atoms with Crippen LogP contribution in [-0.4, -0.2) is 41.9 Å². The summed E-state index contributed by atoms with van der Waals surface area (Å²) >= 11 is 0. The lowest BCUT2D eigenvalue weighted by Crippen LogP contribution is -2.45. The lowest BCUT2D eigenvalue weighted by molar-refractivity contribution is -0.128. The topological polar surface area (TPSA) is 79.0 Å². The smallest absolute Gasteiger partial charge is 0.256 e. The van der Waals surface area contributed by atoms with Gasteiger partial charge < -0.3 is 15.4 Å². The number of hydrogen-bond donors (Lipinski definition) is 3. The van der Waals surface area contributed by atoms with Crippen molar-refractivity contribution in [1.82, 2.24) is 15.5 Å². The highest BCUT2D eigenvalue weighted by Crippen LogP contribution is 2.20. The molecule has 0 radical (unpaired) electrons. The fourth-order valence-corrected chi connectivity index (χ4v) is 2.03. The van der Waals surface area contributed by atoms with Crippen molar-refractivity contribution in [2.45, 2.75) is 33.3 Å². The van der Waals surface area contributed by atoms with Crippen LogP contribution in [0.15, 0.2) is 6.07 Å². The second-order valence-electron chi connectivity index (χ2n) is 6.07. The van der Waals surface area contributed by atoms with Gasteiger partial charge in [0.15, 0.2) is 5.82 Å². The minimum atomic E-state index is -0.434. The van der Waals surface area contributed by atoms with Crippen LogP contribution in [0.4, 0.5) is 5.82 Å². The van der Waals surface area contributed by atoms with Crippen molar-refractivity contribution in [1.29, 1.82) is 0 Å². The maximum Gasteiger partial charge on any atom is 0.256 e. The molecule has 1 unspecified atom stereocenters. The fourth-order valence-electron chi connectivity index (χ4n) is 2.03. The summed E-state index contributed by atoms with van der Waals surface area (Å²) in [6, 6.07) is 1.87. The number of rotatable bonds is 3. The Hall–Kier alpha value is -1.40. The molecule has 0 aliphatic carbocycles. The Morgan fingerprint density at radius 2 is 2.37 bits per heavy atom. The second kappa shape index (κ2) is 5.71. The highest BCUT2D eigenvalue weighted by atomic mass is 16.5. The molecular weight excluding hydrogens is 244 g/mol. The first-order valence-electron chi connectivity index (χ1n) is 6.61. The van der Waals surface area contributed by atoms with E-state index in [0.29, 0.717) is 19.0 Å². The van der Waals surface area contributed by atoms with E-state index in [9.17, 15) is 4.79 Å². The van der Waals surface area contributed by atoms with Crippen molar-refractivity contribution in [2.75, 3.05) is 25.0 Å². The Morgan fingerprint density at radius 3 is 3.00 bits per heavy atom. The zero-order chi connectivity index (χ0) is 13.9. The Balaban J connectivity index is 1.90. The molecule has 2 heterocycles. The molecule has 0 bridgehead atoms. The van der Waals surface area contributed by atoms with E-state index < -0.39 is 6.10 Å². The number of carbonyl (C=O) groups is 1. The minimum Gasteiger partial charge on any atom is -0.366 e. The van der Waals surface area contributed by atoms with E-state index in [-0.39, 0.29) is 11.3 Å². The molecule has 1 amide bonds. The zero-order valence-electron chi connectivity index (χ0n) is 11.7. The van der Waals surface area contributed by atoms with Crippen LogP contribution in [0.2, 0.25) is 0 Å². The number of ether oxygens (including phenoxy) is 1. The number of nitrogens with one attached hydrogen (secondary N) is 3. The van der Waals surface area contributed by atoms with Gasteiger partial charge in [-0.3, -0.25) is 9.89 Å². The largest absolute Gasteiger partial charge is 0.366 e. The van der Waals surface area contributed by atoms with Crippen molar-refractivity contribution >= 4 is 11.7 Å². The van der Waals surface area contributed by atoms with E-state index in [4.69, 9.17) is 4.74 Å². The molecule has 1 aliphatic rings. The standard InChI is InChI=1S/C13H22N4O2/c1-13(2,3)7-9-6-11(17-16-9)15-12(18)10-8-14-4-5-19-10/h6,10,14H,4-5,7-8H2,1-3H3,(H2,15,16,17,18). The molecule has 106 valence electrons. The van der Waals surface area contributed by atoms with Crippen LogP contribution in [0.25, 0.3) is 0 Å². The van der Waals surface area contributed by atoms with Crippen molar-refractivity contribution in [3.8, 4) is 0 Å². The zero-order valence-corrected chi connectivity index (χ0v) is 11.7. The molecule has 19 heavy (non-hydrogen) atoms. The van der Waals surface area contributed by atoms with Crippen LogP contribution in [0.3, 0.4) is 0 Å². The first kappa shape index (κ1) is 14.0.